The van der Waals surface area contributed by atoms with E-state index < -0.39 is 19.9 Å². The molecule has 0 unspecified atom stereocenters. The third-order valence-electron chi connectivity index (χ3n) is 8.48. The second-order valence-corrected chi connectivity index (χ2v) is 15.9. The van der Waals surface area contributed by atoms with Crippen LogP contribution in [-0.4, -0.2) is 52.2 Å². The molecule has 0 saturated heterocycles. The number of nitrogens with two attached hydrogens (primary N) is 1. The molecule has 13 heteroatoms. The van der Waals surface area contributed by atoms with Crippen molar-refractivity contribution in [3.63, 3.8) is 0 Å². The first kappa shape index (κ1) is 34.4. The number of pyridine rings is 2. The van der Waals surface area contributed by atoms with Crippen molar-refractivity contribution >= 4 is 41.9 Å². The minimum absolute atomic E-state index is 0.0703. The van der Waals surface area contributed by atoms with Crippen LogP contribution in [0.1, 0.15) is 11.1 Å². The highest BCUT2D eigenvalue weighted by Crippen LogP contribution is 2.30. The summed E-state index contributed by atoms with van der Waals surface area (Å²) in [6.07, 6.45) is 8.14. The van der Waals surface area contributed by atoms with Crippen LogP contribution in [0.25, 0.3) is 56.2 Å². The van der Waals surface area contributed by atoms with Gasteiger partial charge in [0.2, 0.25) is 10.0 Å². The molecule has 52 heavy (non-hydrogen) atoms. The van der Waals surface area contributed by atoms with Crippen molar-refractivity contribution in [2.75, 3.05) is 6.26 Å². The van der Waals surface area contributed by atoms with Gasteiger partial charge in [-0.1, -0.05) is 35.4 Å². The Morgan fingerprint density at radius 2 is 0.981 bits per heavy atom. The van der Waals surface area contributed by atoms with E-state index >= 15 is 0 Å². The molecular formula is C39H33N7O4S2. The largest absolute Gasteiger partial charge is 0.292 e. The predicted octanol–water partition coefficient (Wildman–Crippen LogP) is 6.84. The van der Waals surface area contributed by atoms with Gasteiger partial charge in [0.15, 0.2) is 9.84 Å². The molecule has 0 aliphatic carbocycles. The zero-order valence-corrected chi connectivity index (χ0v) is 30.0. The summed E-state index contributed by atoms with van der Waals surface area (Å²) in [5.74, 6) is 1.45. The average molecular weight is 728 g/mol. The summed E-state index contributed by atoms with van der Waals surface area (Å²) in [6, 6.07) is 33.3. The Balaban J connectivity index is 0.000000162. The molecule has 0 aliphatic heterocycles. The van der Waals surface area contributed by atoms with Gasteiger partial charge in [-0.25, -0.2) is 31.9 Å². The summed E-state index contributed by atoms with van der Waals surface area (Å²) in [6.45, 7) is 4.08. The Bertz CT molecular complexity index is 2580. The van der Waals surface area contributed by atoms with Crippen LogP contribution in [0.5, 0.6) is 0 Å². The lowest BCUT2D eigenvalue weighted by Gasteiger charge is -2.10. The third kappa shape index (κ3) is 6.97. The van der Waals surface area contributed by atoms with E-state index in [2.05, 4.69) is 26.7 Å². The zero-order chi connectivity index (χ0) is 36.6. The van der Waals surface area contributed by atoms with Gasteiger partial charge >= 0.3 is 0 Å². The van der Waals surface area contributed by atoms with E-state index in [4.69, 9.17) is 15.1 Å². The molecule has 0 atom stereocenters. The smallest absolute Gasteiger partial charge is 0.238 e. The molecule has 0 fully saturated rings. The summed E-state index contributed by atoms with van der Waals surface area (Å²) in [5.41, 5.74) is 9.34. The quantitative estimate of drug-likeness (QED) is 0.195. The number of sulfonamides is 1. The molecule has 0 amide bonds. The number of fused-ring (bicyclic) bond motifs is 2. The first-order chi connectivity index (χ1) is 24.9. The predicted molar refractivity (Wildman–Crippen MR) is 203 cm³/mol. The highest BCUT2D eigenvalue weighted by atomic mass is 32.2. The van der Waals surface area contributed by atoms with Gasteiger partial charge in [-0.15, -0.1) is 0 Å². The molecule has 0 radical (unpaired) electrons. The number of primary sulfonamides is 1. The number of aryl methyl sites for hydroxylation is 2. The molecule has 0 bridgehead atoms. The first-order valence-corrected chi connectivity index (χ1v) is 19.5. The Morgan fingerprint density at radius 3 is 1.50 bits per heavy atom. The molecule has 8 rings (SSSR count). The van der Waals surface area contributed by atoms with Crippen LogP contribution in [0.3, 0.4) is 0 Å². The highest BCUT2D eigenvalue weighted by Gasteiger charge is 2.17. The maximum atomic E-state index is 11.7. The zero-order valence-electron chi connectivity index (χ0n) is 28.4. The van der Waals surface area contributed by atoms with Crippen molar-refractivity contribution in [2.24, 2.45) is 5.14 Å². The Labute approximate surface area is 301 Å². The number of hydrogen-bond acceptors (Lipinski definition) is 8. The second kappa shape index (κ2) is 13.6. The van der Waals surface area contributed by atoms with Crippen LogP contribution in [0.4, 0.5) is 0 Å². The highest BCUT2D eigenvalue weighted by molar-refractivity contribution is 7.90. The summed E-state index contributed by atoms with van der Waals surface area (Å²) >= 11 is 0. The number of aromatic nitrogens is 6. The lowest BCUT2D eigenvalue weighted by molar-refractivity contribution is 0.597. The summed E-state index contributed by atoms with van der Waals surface area (Å²) in [4.78, 5) is 18.2. The standard InChI is InChI=1S/C20H17N3O2S.C19H16N4O2S/c1-14-3-7-16(8-4-14)23-19-11-12-21-13-18(19)22-20(23)15-5-9-17(10-6-15)26(2,24)25;1-13-2-6-15(7-3-13)23-18-12-21-11-10-17(18)22-19(23)14-4-8-16(9-5-14)26(20,24)25/h3-13H,1-2H3;2-12H,1H3,(H2,20,24,25). The maximum absolute atomic E-state index is 11.7. The normalized spacial score (nSPS) is 11.8. The van der Waals surface area contributed by atoms with E-state index in [1.165, 1.54) is 24.0 Å². The van der Waals surface area contributed by atoms with Gasteiger partial charge in [-0.3, -0.25) is 19.1 Å². The van der Waals surface area contributed by atoms with Crippen LogP contribution in [-0.2, 0) is 19.9 Å². The Morgan fingerprint density at radius 1 is 0.519 bits per heavy atom. The molecule has 0 aliphatic rings. The topological polar surface area (TPSA) is 156 Å². The third-order valence-corrected chi connectivity index (χ3v) is 10.5. The molecule has 0 spiro atoms. The molecule has 4 heterocycles. The number of imidazole rings is 2. The van der Waals surface area contributed by atoms with Crippen molar-refractivity contribution in [2.45, 2.75) is 23.6 Å². The maximum Gasteiger partial charge on any atom is 0.238 e. The lowest BCUT2D eigenvalue weighted by atomic mass is 10.2. The number of rotatable bonds is 6. The monoisotopic (exact) mass is 727 g/mol. The molecule has 11 nitrogen and oxygen atoms in total. The Kier molecular flexibility index (Phi) is 9.01. The van der Waals surface area contributed by atoms with E-state index in [1.54, 1.807) is 61.2 Å². The van der Waals surface area contributed by atoms with E-state index in [0.717, 1.165) is 56.0 Å². The van der Waals surface area contributed by atoms with Crippen molar-refractivity contribution < 1.29 is 16.8 Å². The molecule has 2 N–H and O–H groups in total. The SMILES string of the molecule is Cc1ccc(-n2c(-c3ccc(S(C)(=O)=O)cc3)nc3cnccc32)cc1.Cc1ccc(-n2c(-c3ccc(S(N)(=O)=O)cc3)nc3ccncc32)cc1. The molecular weight excluding hydrogens is 695 g/mol. The number of sulfone groups is 1. The van der Waals surface area contributed by atoms with E-state index in [0.29, 0.717) is 10.7 Å². The van der Waals surface area contributed by atoms with Crippen molar-refractivity contribution in [1.82, 2.24) is 29.1 Å². The van der Waals surface area contributed by atoms with Crippen molar-refractivity contribution in [3.8, 4) is 34.2 Å². The van der Waals surface area contributed by atoms with Gasteiger partial charge in [-0.2, -0.15) is 0 Å². The van der Waals surface area contributed by atoms with Crippen LogP contribution in [0, 0.1) is 13.8 Å². The minimum atomic E-state index is -3.73. The van der Waals surface area contributed by atoms with Crippen LogP contribution in [0.15, 0.2) is 144 Å². The van der Waals surface area contributed by atoms with Gasteiger partial charge in [0.1, 0.15) is 17.2 Å². The number of nitrogens with zero attached hydrogens (tertiary/aromatic N) is 6. The summed E-state index contributed by atoms with van der Waals surface area (Å²) < 4.78 is 50.5. The minimum Gasteiger partial charge on any atom is -0.292 e. The molecule has 0 saturated carbocycles. The molecule has 260 valence electrons. The van der Waals surface area contributed by atoms with Gasteiger partial charge < -0.3 is 0 Å². The van der Waals surface area contributed by atoms with E-state index in [-0.39, 0.29) is 4.90 Å². The van der Waals surface area contributed by atoms with Crippen LogP contribution < -0.4 is 5.14 Å². The van der Waals surface area contributed by atoms with E-state index in [9.17, 15) is 16.8 Å². The van der Waals surface area contributed by atoms with Gasteiger partial charge in [0, 0.05) is 41.2 Å². The number of hydrogen-bond donors (Lipinski definition) is 1. The fourth-order valence-corrected chi connectivity index (χ4v) is 6.94. The summed E-state index contributed by atoms with van der Waals surface area (Å²) in [5, 5.41) is 5.19. The first-order valence-electron chi connectivity index (χ1n) is 16.1. The second-order valence-electron chi connectivity index (χ2n) is 12.3. The van der Waals surface area contributed by atoms with E-state index in [1.807, 2.05) is 66.9 Å². The van der Waals surface area contributed by atoms with Gasteiger partial charge in [0.05, 0.1) is 38.7 Å². The average Bonchev–Trinajstić information content (AvgIpc) is 3.72. The molecule has 8 aromatic rings. The number of benzene rings is 4. The lowest BCUT2D eigenvalue weighted by Crippen LogP contribution is -2.11. The summed E-state index contributed by atoms with van der Waals surface area (Å²) in [7, 11) is -6.96. The molecule has 4 aromatic carbocycles. The van der Waals surface area contributed by atoms with Gasteiger partial charge in [-0.05, 0) is 98.8 Å². The van der Waals surface area contributed by atoms with Crippen molar-refractivity contribution in [1.29, 1.82) is 0 Å². The fraction of sp³-hybridized carbons (Fsp3) is 0.0769. The van der Waals surface area contributed by atoms with Crippen LogP contribution >= 0.6 is 0 Å². The molecule has 4 aromatic heterocycles. The van der Waals surface area contributed by atoms with Crippen molar-refractivity contribution in [3.05, 3.63) is 145 Å². The fourth-order valence-electron chi connectivity index (χ4n) is 5.80. The van der Waals surface area contributed by atoms with Crippen LogP contribution in [0.2, 0.25) is 0 Å². The Hall–Kier alpha value is -6.02. The van der Waals surface area contributed by atoms with Gasteiger partial charge in [0.25, 0.3) is 0 Å².